The first kappa shape index (κ1) is 12.5. The van der Waals surface area contributed by atoms with Gasteiger partial charge >= 0.3 is 29.6 Å². The van der Waals surface area contributed by atoms with Crippen molar-refractivity contribution in [2.75, 3.05) is 0 Å². The van der Waals surface area contributed by atoms with Crippen molar-refractivity contribution in [3.05, 3.63) is 30.1 Å². The molecule has 0 saturated heterocycles. The van der Waals surface area contributed by atoms with Crippen molar-refractivity contribution in [1.82, 2.24) is 0 Å². The maximum absolute atomic E-state index is 12.2. The van der Waals surface area contributed by atoms with Crippen molar-refractivity contribution < 1.29 is 42.7 Å². The van der Waals surface area contributed by atoms with Crippen LogP contribution in [0, 0.1) is 5.82 Å². The minimum atomic E-state index is -3.60. The molecule has 0 spiro atoms. The molecule has 2 nitrogen and oxygen atoms in total. The number of benzene rings is 1. The van der Waals surface area contributed by atoms with E-state index in [1.165, 1.54) is 0 Å². The van der Waals surface area contributed by atoms with Crippen molar-refractivity contribution in [2.24, 2.45) is 0 Å². The summed E-state index contributed by atoms with van der Waals surface area (Å²) in [4.78, 5) is -0.0473. The van der Waals surface area contributed by atoms with Crippen LogP contribution >= 0.6 is 0 Å². The molecule has 0 saturated carbocycles. The van der Waals surface area contributed by atoms with Crippen LogP contribution < -0.4 is 29.6 Å². The Labute approximate surface area is 97.0 Å². The molecule has 1 unspecified atom stereocenters. The van der Waals surface area contributed by atoms with Crippen LogP contribution in [0.5, 0.6) is 0 Å². The Bertz CT molecular complexity index is 346. The quantitative estimate of drug-likeness (QED) is 0.511. The minimum Gasteiger partial charge on any atom is -0.766 e. The SMILES string of the molecule is O=S([O-])(=S)c1ccc(F)cc1.[Na+]. The Morgan fingerprint density at radius 2 is 1.75 bits per heavy atom. The van der Waals surface area contributed by atoms with Crippen molar-refractivity contribution in [3.63, 3.8) is 0 Å². The Morgan fingerprint density at radius 3 is 2.08 bits per heavy atom. The zero-order valence-corrected chi connectivity index (χ0v) is 9.95. The largest absolute Gasteiger partial charge is 1.00 e. The summed E-state index contributed by atoms with van der Waals surface area (Å²) in [5.41, 5.74) is 0. The molecule has 0 heterocycles. The molecule has 0 amide bonds. The van der Waals surface area contributed by atoms with Gasteiger partial charge in [0.2, 0.25) is 0 Å². The average molecular weight is 214 g/mol. The zero-order chi connectivity index (χ0) is 8.48. The van der Waals surface area contributed by atoms with E-state index in [0.29, 0.717) is 0 Å². The van der Waals surface area contributed by atoms with Crippen LogP contribution in [-0.2, 0) is 20.0 Å². The van der Waals surface area contributed by atoms with Crippen LogP contribution in [0.4, 0.5) is 4.39 Å². The van der Waals surface area contributed by atoms with Gasteiger partial charge in [-0.05, 0) is 44.2 Å². The summed E-state index contributed by atoms with van der Waals surface area (Å²) in [5.74, 6) is -0.479. The fourth-order valence-electron chi connectivity index (χ4n) is 0.601. The van der Waals surface area contributed by atoms with E-state index in [0.717, 1.165) is 24.3 Å². The fraction of sp³-hybridized carbons (Fsp3) is 0. The molecule has 0 bridgehead atoms. The van der Waals surface area contributed by atoms with E-state index in [1.54, 1.807) is 0 Å². The standard InChI is InChI=1S/C6H5FO2S2.Na/c7-5-1-3-6(4-2-5)11(8,9)10;/h1-4H,(H,8,9,10);/q;+1/p-1. The maximum atomic E-state index is 12.2. The van der Waals surface area contributed by atoms with Crippen LogP contribution in [0.25, 0.3) is 0 Å². The third kappa shape index (κ3) is 3.47. The Balaban J connectivity index is 0.00000121. The van der Waals surface area contributed by atoms with Gasteiger partial charge in [0, 0.05) is 4.90 Å². The Morgan fingerprint density at radius 1 is 1.33 bits per heavy atom. The number of hydrogen-bond acceptors (Lipinski definition) is 3. The summed E-state index contributed by atoms with van der Waals surface area (Å²) in [5, 5.41) is 0. The smallest absolute Gasteiger partial charge is 0.766 e. The van der Waals surface area contributed by atoms with Crippen LogP contribution in [0.3, 0.4) is 0 Å². The summed E-state index contributed by atoms with van der Waals surface area (Å²) in [6.45, 7) is 0. The van der Waals surface area contributed by atoms with Gasteiger partial charge in [-0.15, -0.1) is 0 Å². The van der Waals surface area contributed by atoms with Crippen LogP contribution in [0.2, 0.25) is 0 Å². The molecule has 6 heteroatoms. The van der Waals surface area contributed by atoms with Gasteiger partial charge in [0.05, 0.1) is 0 Å². The molecule has 1 rings (SSSR count). The molecule has 0 aliphatic rings. The summed E-state index contributed by atoms with van der Waals surface area (Å²) in [6.07, 6.45) is 0. The van der Waals surface area contributed by atoms with Crippen molar-refractivity contribution in [1.29, 1.82) is 0 Å². The first-order valence-corrected chi connectivity index (χ1v) is 5.12. The van der Waals surface area contributed by atoms with E-state index < -0.39 is 14.6 Å². The van der Waals surface area contributed by atoms with E-state index in [-0.39, 0.29) is 34.5 Å². The fourth-order valence-corrected chi connectivity index (χ4v) is 1.40. The molecule has 0 N–H and O–H groups in total. The number of hydrogen-bond donors (Lipinski definition) is 0. The maximum Gasteiger partial charge on any atom is 1.00 e. The van der Waals surface area contributed by atoms with Crippen LogP contribution in [0.15, 0.2) is 29.2 Å². The second-order valence-electron chi connectivity index (χ2n) is 1.91. The van der Waals surface area contributed by atoms with Gasteiger partial charge in [-0.25, -0.2) is 4.39 Å². The molecule has 1 aromatic carbocycles. The Hall–Kier alpha value is 0.480. The van der Waals surface area contributed by atoms with Crippen LogP contribution in [-0.4, -0.2) is 8.76 Å². The second kappa shape index (κ2) is 4.64. The second-order valence-corrected chi connectivity index (χ2v) is 4.60. The average Bonchev–Trinajstić information content (AvgIpc) is 1.86. The third-order valence-electron chi connectivity index (χ3n) is 1.10. The van der Waals surface area contributed by atoms with E-state index in [2.05, 4.69) is 11.2 Å². The molecule has 0 aliphatic heterocycles. The number of halogens is 1. The van der Waals surface area contributed by atoms with Gasteiger partial charge < -0.3 is 4.55 Å². The van der Waals surface area contributed by atoms with E-state index in [1.807, 2.05) is 0 Å². The van der Waals surface area contributed by atoms with E-state index in [9.17, 15) is 13.2 Å². The van der Waals surface area contributed by atoms with Gasteiger partial charge in [-0.1, -0.05) is 0 Å². The zero-order valence-electron chi connectivity index (χ0n) is 6.32. The minimum absolute atomic E-state index is 0. The molecule has 0 fully saturated rings. The first-order chi connectivity index (χ1) is 5.00. The predicted molar refractivity (Wildman–Crippen MR) is 41.0 cm³/mol. The molecule has 12 heavy (non-hydrogen) atoms. The van der Waals surface area contributed by atoms with Gasteiger partial charge in [-0.2, -0.15) is 0 Å². The molecular formula is C6H4FNaO2S2. The Kier molecular flexibility index (Phi) is 4.83. The van der Waals surface area contributed by atoms with Crippen molar-refractivity contribution in [2.45, 2.75) is 4.90 Å². The van der Waals surface area contributed by atoms with Crippen molar-refractivity contribution in [3.8, 4) is 0 Å². The molecule has 0 radical (unpaired) electrons. The third-order valence-corrected chi connectivity index (χ3v) is 2.53. The summed E-state index contributed by atoms with van der Waals surface area (Å²) < 4.78 is 33.5. The van der Waals surface area contributed by atoms with Gasteiger partial charge in [0.1, 0.15) is 5.82 Å². The van der Waals surface area contributed by atoms with E-state index >= 15 is 0 Å². The number of rotatable bonds is 1. The first-order valence-electron chi connectivity index (χ1n) is 2.71. The molecule has 1 aromatic rings. The molecule has 60 valence electrons. The van der Waals surface area contributed by atoms with Crippen LogP contribution in [0.1, 0.15) is 0 Å². The van der Waals surface area contributed by atoms with Crippen molar-refractivity contribution >= 4 is 20.0 Å². The monoisotopic (exact) mass is 214 g/mol. The molecule has 0 aliphatic carbocycles. The van der Waals surface area contributed by atoms with E-state index in [4.69, 9.17) is 0 Å². The van der Waals surface area contributed by atoms with Gasteiger partial charge in [-0.3, -0.25) is 4.21 Å². The summed E-state index contributed by atoms with van der Waals surface area (Å²) >= 11 is 4.14. The molecule has 0 aromatic heterocycles. The van der Waals surface area contributed by atoms with Gasteiger partial charge in [0.15, 0.2) is 0 Å². The molecular weight excluding hydrogens is 210 g/mol. The predicted octanol–water partition coefficient (Wildman–Crippen LogP) is -1.93. The normalized spacial score (nSPS) is 14.5. The van der Waals surface area contributed by atoms with Gasteiger partial charge in [0.25, 0.3) is 0 Å². The molecule has 1 atom stereocenters. The summed E-state index contributed by atoms with van der Waals surface area (Å²) in [7, 11) is -3.60. The topological polar surface area (TPSA) is 40.1 Å². The summed E-state index contributed by atoms with van der Waals surface area (Å²) in [6, 6.07) is 4.38.